The highest BCUT2D eigenvalue weighted by molar-refractivity contribution is 5.84. The Morgan fingerprint density at radius 1 is 1.28 bits per heavy atom. The van der Waals surface area contributed by atoms with Gasteiger partial charge >= 0.3 is 0 Å². The number of aromatic amines is 1. The second-order valence-electron chi connectivity index (χ2n) is 8.88. The predicted octanol–water partition coefficient (Wildman–Crippen LogP) is 1.44. The summed E-state index contributed by atoms with van der Waals surface area (Å²) in [5, 5.41) is 10.3. The molecule has 0 unspecified atom stereocenters. The van der Waals surface area contributed by atoms with E-state index in [2.05, 4.69) is 35.3 Å². The summed E-state index contributed by atoms with van der Waals surface area (Å²) in [6.07, 6.45) is 11.8. The molecule has 2 aromatic heterocycles. The summed E-state index contributed by atoms with van der Waals surface area (Å²) in [4.78, 5) is 27.1. The number of rotatable bonds is 6. The van der Waals surface area contributed by atoms with Crippen LogP contribution in [0, 0.1) is 17.3 Å². The molecule has 2 aromatic rings. The number of likely N-dealkylation sites (tertiary alicyclic amines) is 1. The van der Waals surface area contributed by atoms with Crippen LogP contribution < -0.4 is 10.2 Å². The summed E-state index contributed by atoms with van der Waals surface area (Å²) >= 11 is 0. The number of carbonyl (C=O) groups is 1. The lowest BCUT2D eigenvalue weighted by Crippen LogP contribution is -2.48. The number of hydrogen-bond acceptors (Lipinski definition) is 6. The summed E-state index contributed by atoms with van der Waals surface area (Å²) in [5.74, 6) is 1.92. The van der Waals surface area contributed by atoms with Gasteiger partial charge in [-0.1, -0.05) is 0 Å². The maximum Gasteiger partial charge on any atom is 0.228 e. The van der Waals surface area contributed by atoms with Crippen molar-refractivity contribution in [3.05, 3.63) is 36.4 Å². The molecule has 1 saturated carbocycles. The first-order chi connectivity index (χ1) is 14.2. The van der Waals surface area contributed by atoms with Crippen molar-refractivity contribution in [2.45, 2.75) is 32.2 Å². The number of amides is 1. The van der Waals surface area contributed by atoms with Crippen molar-refractivity contribution >= 4 is 11.9 Å². The number of aromatic nitrogens is 4. The molecule has 1 amide bonds. The molecule has 0 radical (unpaired) electrons. The maximum atomic E-state index is 13.5. The van der Waals surface area contributed by atoms with E-state index in [1.807, 2.05) is 18.5 Å². The lowest BCUT2D eigenvalue weighted by molar-refractivity contribution is -0.132. The molecule has 8 heteroatoms. The molecule has 2 atom stereocenters. The molecule has 0 bridgehead atoms. The van der Waals surface area contributed by atoms with Gasteiger partial charge in [-0.2, -0.15) is 5.10 Å². The second-order valence-corrected chi connectivity index (χ2v) is 8.88. The Balaban J connectivity index is 1.37. The summed E-state index contributed by atoms with van der Waals surface area (Å²) in [7, 11) is 0. The van der Waals surface area contributed by atoms with Gasteiger partial charge in [0.15, 0.2) is 0 Å². The van der Waals surface area contributed by atoms with E-state index < -0.39 is 0 Å². The van der Waals surface area contributed by atoms with Gasteiger partial charge in [-0.05, 0) is 44.2 Å². The smallest absolute Gasteiger partial charge is 0.228 e. The minimum Gasteiger partial charge on any atom is -0.355 e. The van der Waals surface area contributed by atoms with Crippen molar-refractivity contribution in [3.8, 4) is 0 Å². The average molecular weight is 396 g/mol. The summed E-state index contributed by atoms with van der Waals surface area (Å²) in [6.45, 7) is 5.15. The molecule has 0 aromatic carbocycles. The maximum absolute atomic E-state index is 13.5. The van der Waals surface area contributed by atoms with Crippen LogP contribution in [0.4, 0.5) is 5.95 Å². The molecule has 2 saturated heterocycles. The highest BCUT2D eigenvalue weighted by atomic mass is 16.2. The third-order valence-corrected chi connectivity index (χ3v) is 6.77. The van der Waals surface area contributed by atoms with Gasteiger partial charge in [-0.25, -0.2) is 9.97 Å². The van der Waals surface area contributed by atoms with E-state index in [4.69, 9.17) is 0 Å². The monoisotopic (exact) mass is 395 g/mol. The molecule has 0 spiro atoms. The first-order valence-corrected chi connectivity index (χ1v) is 10.7. The Kier molecular flexibility index (Phi) is 4.95. The highest BCUT2D eigenvalue weighted by Crippen LogP contribution is 2.44. The molecule has 5 rings (SSSR count). The zero-order chi connectivity index (χ0) is 19.7. The lowest BCUT2D eigenvalue weighted by atomic mass is 9.74. The van der Waals surface area contributed by atoms with Crippen LogP contribution in [0.1, 0.15) is 31.2 Å². The average Bonchev–Trinajstić information content (AvgIpc) is 3.36. The van der Waals surface area contributed by atoms with Crippen molar-refractivity contribution in [2.24, 2.45) is 17.3 Å². The van der Waals surface area contributed by atoms with Crippen molar-refractivity contribution in [3.63, 3.8) is 0 Å². The predicted molar refractivity (Wildman–Crippen MR) is 109 cm³/mol. The van der Waals surface area contributed by atoms with Crippen LogP contribution in [0.2, 0.25) is 0 Å². The van der Waals surface area contributed by atoms with E-state index in [1.165, 1.54) is 18.4 Å². The number of carbonyl (C=O) groups excluding carboxylic acids is 1. The van der Waals surface area contributed by atoms with Crippen molar-refractivity contribution < 1.29 is 4.79 Å². The van der Waals surface area contributed by atoms with E-state index in [-0.39, 0.29) is 17.2 Å². The lowest BCUT2D eigenvalue weighted by Gasteiger charge is -2.32. The molecule has 4 heterocycles. The SMILES string of the molecule is O=C(NCC1CC1)[C@@]12CCCN(Cc3cn[nH]c3)C[C@H]1CN(c1ncccn1)C2. The van der Waals surface area contributed by atoms with E-state index >= 15 is 0 Å². The van der Waals surface area contributed by atoms with E-state index in [9.17, 15) is 4.79 Å². The summed E-state index contributed by atoms with van der Waals surface area (Å²) in [5.41, 5.74) is 0.830. The number of fused-ring (bicyclic) bond motifs is 1. The van der Waals surface area contributed by atoms with Crippen molar-refractivity contribution in [1.82, 2.24) is 30.4 Å². The molecule has 154 valence electrons. The quantitative estimate of drug-likeness (QED) is 0.769. The Morgan fingerprint density at radius 2 is 2.14 bits per heavy atom. The first kappa shape index (κ1) is 18.5. The molecule has 1 aliphatic carbocycles. The number of nitrogens with one attached hydrogen (secondary N) is 2. The van der Waals surface area contributed by atoms with E-state index in [1.54, 1.807) is 12.4 Å². The summed E-state index contributed by atoms with van der Waals surface area (Å²) < 4.78 is 0. The van der Waals surface area contributed by atoms with Crippen molar-refractivity contribution in [1.29, 1.82) is 0 Å². The number of H-pyrrole nitrogens is 1. The molecular weight excluding hydrogens is 366 g/mol. The standard InChI is InChI=1S/C21H29N7O/c29-19(24-9-16-3-4-16)21-5-1-8-27(12-17-10-25-26-11-17)13-18(21)14-28(15-21)20-22-6-2-7-23-20/h2,6-7,10-11,16,18H,1,3-5,8-9,12-15H2,(H,24,29)(H,25,26)/t18-,21+/m0/s1. The second kappa shape index (κ2) is 7.74. The fourth-order valence-electron chi connectivity index (χ4n) is 4.99. The Bertz CT molecular complexity index is 823. The van der Waals surface area contributed by atoms with Crippen LogP contribution in [0.15, 0.2) is 30.9 Å². The zero-order valence-electron chi connectivity index (χ0n) is 16.8. The first-order valence-electron chi connectivity index (χ1n) is 10.7. The highest BCUT2D eigenvalue weighted by Gasteiger charge is 2.53. The van der Waals surface area contributed by atoms with Gasteiger partial charge in [-0.3, -0.25) is 14.8 Å². The van der Waals surface area contributed by atoms with Crippen LogP contribution in [0.25, 0.3) is 0 Å². The number of nitrogens with zero attached hydrogens (tertiary/aromatic N) is 5. The topological polar surface area (TPSA) is 90.0 Å². The fraction of sp³-hybridized carbons (Fsp3) is 0.619. The van der Waals surface area contributed by atoms with Crippen LogP contribution in [0.5, 0.6) is 0 Å². The van der Waals surface area contributed by atoms with Crippen LogP contribution >= 0.6 is 0 Å². The zero-order valence-corrected chi connectivity index (χ0v) is 16.8. The van der Waals surface area contributed by atoms with Gasteiger partial charge in [0.25, 0.3) is 0 Å². The van der Waals surface area contributed by atoms with Crippen LogP contribution in [0.3, 0.4) is 0 Å². The van der Waals surface area contributed by atoms with Crippen LogP contribution in [-0.4, -0.2) is 63.7 Å². The third kappa shape index (κ3) is 3.85. The minimum atomic E-state index is -0.362. The molecule has 2 aliphatic heterocycles. The normalized spacial score (nSPS) is 27.4. The number of hydrogen-bond donors (Lipinski definition) is 2. The van der Waals surface area contributed by atoms with Gasteiger partial charge in [-0.15, -0.1) is 0 Å². The Labute approximate surface area is 171 Å². The van der Waals surface area contributed by atoms with Crippen molar-refractivity contribution in [2.75, 3.05) is 37.6 Å². The van der Waals surface area contributed by atoms with Gasteiger partial charge < -0.3 is 10.2 Å². The van der Waals surface area contributed by atoms with Gasteiger partial charge in [0.2, 0.25) is 11.9 Å². The molecule has 3 aliphatic rings. The summed E-state index contributed by atoms with van der Waals surface area (Å²) in [6, 6.07) is 1.84. The Hall–Kier alpha value is -2.48. The van der Waals surface area contributed by atoms with Gasteiger partial charge in [0.1, 0.15) is 0 Å². The van der Waals surface area contributed by atoms with Crippen LogP contribution in [-0.2, 0) is 11.3 Å². The minimum absolute atomic E-state index is 0.234. The van der Waals surface area contributed by atoms with E-state index in [0.717, 1.165) is 51.5 Å². The van der Waals surface area contributed by atoms with E-state index in [0.29, 0.717) is 12.5 Å². The molecule has 29 heavy (non-hydrogen) atoms. The fourth-order valence-corrected chi connectivity index (χ4v) is 4.99. The third-order valence-electron chi connectivity index (χ3n) is 6.77. The number of anilines is 1. The van der Waals surface area contributed by atoms with Gasteiger partial charge in [0.05, 0.1) is 11.6 Å². The molecule has 2 N–H and O–H groups in total. The Morgan fingerprint density at radius 3 is 2.90 bits per heavy atom. The van der Waals surface area contributed by atoms with Gasteiger partial charge in [0, 0.05) is 62.8 Å². The molecule has 3 fully saturated rings. The molecule has 8 nitrogen and oxygen atoms in total. The largest absolute Gasteiger partial charge is 0.355 e. The molecular formula is C21H29N7O.